The first-order valence-corrected chi connectivity index (χ1v) is 9.98. The number of nitrogens with zero attached hydrogens (tertiary/aromatic N) is 2. The molecule has 1 aromatic carbocycles. The number of aliphatic hydroxyl groups is 1. The molecule has 0 saturated carbocycles. The lowest BCUT2D eigenvalue weighted by atomic mass is 10.0. The molecule has 1 amide bonds. The van der Waals surface area contributed by atoms with Gasteiger partial charge in [0.15, 0.2) is 0 Å². The van der Waals surface area contributed by atoms with Gasteiger partial charge in [-0.15, -0.1) is 11.8 Å². The Morgan fingerprint density at radius 1 is 1.42 bits per heavy atom. The predicted octanol–water partition coefficient (Wildman–Crippen LogP) is 2.38. The van der Waals surface area contributed by atoms with Crippen molar-refractivity contribution in [2.24, 2.45) is 0 Å². The van der Waals surface area contributed by atoms with E-state index in [1.165, 1.54) is 0 Å². The van der Waals surface area contributed by atoms with E-state index in [9.17, 15) is 9.90 Å². The van der Waals surface area contributed by atoms with Crippen LogP contribution in [-0.4, -0.2) is 52.6 Å². The second-order valence-electron chi connectivity index (χ2n) is 6.67. The van der Waals surface area contributed by atoms with E-state index >= 15 is 0 Å². The third kappa shape index (κ3) is 4.11. The fourth-order valence-corrected chi connectivity index (χ4v) is 3.93. The molecule has 140 valence electrons. The number of aryl methyl sites for hydroxylation is 2. The van der Waals surface area contributed by atoms with Crippen molar-refractivity contribution < 1.29 is 14.4 Å². The van der Waals surface area contributed by atoms with Gasteiger partial charge in [-0.05, 0) is 38.7 Å². The summed E-state index contributed by atoms with van der Waals surface area (Å²) in [7, 11) is 0. The van der Waals surface area contributed by atoms with Crippen LogP contribution in [0.1, 0.15) is 33.8 Å². The molecule has 1 fully saturated rings. The van der Waals surface area contributed by atoms with Gasteiger partial charge in [-0.25, -0.2) is 0 Å². The Hall–Kier alpha value is -1.83. The molecule has 2 heterocycles. The summed E-state index contributed by atoms with van der Waals surface area (Å²) in [6.45, 7) is 5.85. The van der Waals surface area contributed by atoms with Crippen LogP contribution in [0, 0.1) is 13.8 Å². The van der Waals surface area contributed by atoms with Crippen LogP contribution in [0.2, 0.25) is 0 Å². The molecule has 0 radical (unpaired) electrons. The van der Waals surface area contributed by atoms with Gasteiger partial charge in [-0.1, -0.05) is 17.3 Å². The molecule has 1 aliphatic heterocycles. The highest BCUT2D eigenvalue weighted by atomic mass is 32.2. The fourth-order valence-electron chi connectivity index (χ4n) is 3.34. The smallest absolute Gasteiger partial charge is 0.252 e. The van der Waals surface area contributed by atoms with Crippen LogP contribution in [0.4, 0.5) is 0 Å². The predicted molar refractivity (Wildman–Crippen MR) is 101 cm³/mol. The fraction of sp³-hybridized carbons (Fsp3) is 0.474. The third-order valence-electron chi connectivity index (χ3n) is 4.90. The lowest BCUT2D eigenvalue weighted by Crippen LogP contribution is -2.53. The Labute approximate surface area is 157 Å². The number of rotatable bonds is 5. The van der Waals surface area contributed by atoms with Gasteiger partial charge >= 0.3 is 0 Å². The van der Waals surface area contributed by atoms with E-state index in [1.807, 2.05) is 44.4 Å². The van der Waals surface area contributed by atoms with Crippen LogP contribution < -0.4 is 5.32 Å². The van der Waals surface area contributed by atoms with Crippen molar-refractivity contribution >= 4 is 17.7 Å². The van der Waals surface area contributed by atoms with Crippen molar-refractivity contribution in [3.63, 3.8) is 0 Å². The van der Waals surface area contributed by atoms with E-state index in [0.29, 0.717) is 25.1 Å². The number of carbonyl (C=O) groups is 1. The lowest BCUT2D eigenvalue weighted by molar-refractivity contribution is 0.0347. The summed E-state index contributed by atoms with van der Waals surface area (Å²) >= 11 is 1.55. The second kappa shape index (κ2) is 8.24. The maximum absolute atomic E-state index is 12.6. The molecular formula is C19H25N3O3S. The van der Waals surface area contributed by atoms with Crippen molar-refractivity contribution in [3.05, 3.63) is 46.8 Å². The zero-order valence-electron chi connectivity index (χ0n) is 15.4. The largest absolute Gasteiger partial charge is 0.390 e. The molecule has 0 unspecified atom stereocenters. The summed E-state index contributed by atoms with van der Waals surface area (Å²) in [5.74, 6) is 0.694. The number of β-amino-alcohol motifs (C(OH)–C–C–N with tert-alkyl or cyclic N) is 1. The van der Waals surface area contributed by atoms with E-state index in [4.69, 9.17) is 4.52 Å². The topological polar surface area (TPSA) is 78.6 Å². The van der Waals surface area contributed by atoms with Crippen LogP contribution in [0.5, 0.6) is 0 Å². The summed E-state index contributed by atoms with van der Waals surface area (Å²) in [6.07, 6.45) is 2.06. The van der Waals surface area contributed by atoms with E-state index in [-0.39, 0.29) is 11.9 Å². The molecule has 1 saturated heterocycles. The van der Waals surface area contributed by atoms with Crippen LogP contribution in [-0.2, 0) is 6.54 Å². The molecule has 2 N–H and O–H groups in total. The monoisotopic (exact) mass is 375 g/mol. The quantitative estimate of drug-likeness (QED) is 0.781. The summed E-state index contributed by atoms with van der Waals surface area (Å²) in [5.41, 5.74) is 2.63. The molecule has 7 heteroatoms. The first kappa shape index (κ1) is 18.9. The van der Waals surface area contributed by atoms with Crippen molar-refractivity contribution in [2.75, 3.05) is 19.3 Å². The van der Waals surface area contributed by atoms with Gasteiger partial charge in [0.2, 0.25) is 0 Å². The average molecular weight is 375 g/mol. The van der Waals surface area contributed by atoms with Gasteiger partial charge in [0.25, 0.3) is 5.91 Å². The number of aromatic nitrogens is 1. The normalized spacial score (nSPS) is 20.9. The minimum Gasteiger partial charge on any atom is -0.390 e. The number of thioether (sulfide) groups is 1. The summed E-state index contributed by atoms with van der Waals surface area (Å²) in [6, 6.07) is 7.29. The SMILES string of the molecule is CSc1ccccc1C(=O)N[C@@H]1CCN(Cc2c(C)noc2C)C[C@H]1O. The Bertz CT molecular complexity index is 758. The summed E-state index contributed by atoms with van der Waals surface area (Å²) < 4.78 is 5.21. The third-order valence-corrected chi connectivity index (χ3v) is 5.69. The maximum atomic E-state index is 12.6. The molecule has 6 nitrogen and oxygen atoms in total. The first-order chi connectivity index (χ1) is 12.5. The molecule has 2 aromatic rings. The number of aliphatic hydroxyl groups excluding tert-OH is 1. The lowest BCUT2D eigenvalue weighted by Gasteiger charge is -2.36. The molecule has 26 heavy (non-hydrogen) atoms. The molecule has 0 bridgehead atoms. The number of hydrogen-bond acceptors (Lipinski definition) is 6. The zero-order chi connectivity index (χ0) is 18.7. The van der Waals surface area contributed by atoms with Crippen molar-refractivity contribution in [3.8, 4) is 0 Å². The molecule has 3 rings (SSSR count). The number of nitrogens with one attached hydrogen (secondary N) is 1. The number of likely N-dealkylation sites (tertiary alicyclic amines) is 1. The highest BCUT2D eigenvalue weighted by molar-refractivity contribution is 7.98. The van der Waals surface area contributed by atoms with E-state index in [0.717, 1.165) is 28.5 Å². The van der Waals surface area contributed by atoms with Gasteiger partial charge in [0, 0.05) is 30.1 Å². The van der Waals surface area contributed by atoms with Crippen LogP contribution in [0.25, 0.3) is 0 Å². The first-order valence-electron chi connectivity index (χ1n) is 8.75. The molecule has 2 atom stereocenters. The number of hydrogen-bond donors (Lipinski definition) is 2. The number of benzene rings is 1. The number of piperidine rings is 1. The zero-order valence-corrected chi connectivity index (χ0v) is 16.2. The Balaban J connectivity index is 1.60. The van der Waals surface area contributed by atoms with Gasteiger partial charge < -0.3 is 14.9 Å². The van der Waals surface area contributed by atoms with Crippen LogP contribution >= 0.6 is 11.8 Å². The molecule has 0 spiro atoms. The highest BCUT2D eigenvalue weighted by Crippen LogP contribution is 2.22. The summed E-state index contributed by atoms with van der Waals surface area (Å²) in [4.78, 5) is 15.7. The summed E-state index contributed by atoms with van der Waals surface area (Å²) in [5, 5.41) is 17.5. The average Bonchev–Trinajstić information content (AvgIpc) is 2.95. The van der Waals surface area contributed by atoms with Gasteiger partial charge in [0.05, 0.1) is 23.4 Å². The minimum absolute atomic E-state index is 0.127. The number of amides is 1. The second-order valence-corrected chi connectivity index (χ2v) is 7.52. The van der Waals surface area contributed by atoms with Gasteiger partial charge in [-0.2, -0.15) is 0 Å². The number of carbonyl (C=O) groups excluding carboxylic acids is 1. The van der Waals surface area contributed by atoms with Gasteiger partial charge in [0.1, 0.15) is 5.76 Å². The highest BCUT2D eigenvalue weighted by Gasteiger charge is 2.30. The van der Waals surface area contributed by atoms with Crippen molar-refractivity contribution in [1.82, 2.24) is 15.4 Å². The van der Waals surface area contributed by atoms with E-state index in [1.54, 1.807) is 11.8 Å². The molecule has 1 aromatic heterocycles. The van der Waals surface area contributed by atoms with E-state index in [2.05, 4.69) is 15.4 Å². The minimum atomic E-state index is -0.602. The van der Waals surface area contributed by atoms with Gasteiger partial charge in [-0.3, -0.25) is 9.69 Å². The molecule has 1 aliphatic rings. The van der Waals surface area contributed by atoms with Crippen molar-refractivity contribution in [2.45, 2.75) is 43.9 Å². The van der Waals surface area contributed by atoms with Crippen molar-refractivity contribution in [1.29, 1.82) is 0 Å². The van der Waals surface area contributed by atoms with Crippen LogP contribution in [0.15, 0.2) is 33.7 Å². The van der Waals surface area contributed by atoms with E-state index < -0.39 is 6.10 Å². The van der Waals surface area contributed by atoms with Crippen LogP contribution in [0.3, 0.4) is 0 Å². The Kier molecular flexibility index (Phi) is 6.01. The standard InChI is InChI=1S/C19H25N3O3S/c1-12-15(13(2)25-21-12)10-22-9-8-16(17(23)11-22)20-19(24)14-6-4-5-7-18(14)26-3/h4-7,16-17,23H,8-11H2,1-3H3,(H,20,24)/t16-,17-/m1/s1. The Morgan fingerprint density at radius 3 is 2.85 bits per heavy atom. The maximum Gasteiger partial charge on any atom is 0.252 e. The molecule has 0 aliphatic carbocycles. The Morgan fingerprint density at radius 2 is 2.19 bits per heavy atom. The molecular weight excluding hydrogens is 350 g/mol.